The summed E-state index contributed by atoms with van der Waals surface area (Å²) in [6.07, 6.45) is 11.2. The van der Waals surface area contributed by atoms with Crippen LogP contribution >= 0.6 is 0 Å². The van der Waals surface area contributed by atoms with Crippen LogP contribution in [0.3, 0.4) is 0 Å². The Bertz CT molecular complexity index is 543. The number of benzene rings is 1. The summed E-state index contributed by atoms with van der Waals surface area (Å²) in [5.41, 5.74) is 1.22. The number of unbranched alkanes of at least 4 members (excludes halogenated alkanes) is 4. The smallest absolute Gasteiger partial charge is 0.407 e. The lowest BCUT2D eigenvalue weighted by Crippen LogP contribution is -2.31. The highest BCUT2D eigenvalue weighted by molar-refractivity contribution is 5.67. The van der Waals surface area contributed by atoms with E-state index in [9.17, 15) is 4.79 Å². The molecule has 0 saturated carbocycles. The van der Waals surface area contributed by atoms with Crippen molar-refractivity contribution in [3.05, 3.63) is 35.9 Å². The van der Waals surface area contributed by atoms with Crippen LogP contribution in [0, 0.1) is 0 Å². The SMILES string of the molecule is CCCCCCC(CCC)OC(=O)NCCCN(C)CCCC.CCO.COCc1ccccc1. The Morgan fingerprint density at radius 1 is 0.914 bits per heavy atom. The summed E-state index contributed by atoms with van der Waals surface area (Å²) >= 11 is 0. The van der Waals surface area contributed by atoms with Gasteiger partial charge >= 0.3 is 6.09 Å². The van der Waals surface area contributed by atoms with E-state index in [1.807, 2.05) is 30.3 Å². The summed E-state index contributed by atoms with van der Waals surface area (Å²) in [4.78, 5) is 14.2. The van der Waals surface area contributed by atoms with Crippen LogP contribution in [0.2, 0.25) is 0 Å². The van der Waals surface area contributed by atoms with Gasteiger partial charge in [-0.2, -0.15) is 0 Å². The van der Waals surface area contributed by atoms with Gasteiger partial charge in [-0.15, -0.1) is 0 Å². The number of nitrogens with one attached hydrogen (secondary N) is 1. The Balaban J connectivity index is 0. The molecule has 0 aliphatic rings. The molecular weight excluding hydrogens is 440 g/mol. The van der Waals surface area contributed by atoms with E-state index in [1.165, 1.54) is 37.7 Å². The largest absolute Gasteiger partial charge is 0.446 e. The number of hydrogen-bond donors (Lipinski definition) is 2. The molecule has 0 spiro atoms. The molecule has 206 valence electrons. The van der Waals surface area contributed by atoms with Crippen molar-refractivity contribution >= 4 is 6.09 Å². The number of amides is 1. The lowest BCUT2D eigenvalue weighted by Gasteiger charge is -2.18. The van der Waals surface area contributed by atoms with Crippen molar-refractivity contribution in [2.45, 2.75) is 105 Å². The maximum atomic E-state index is 11.9. The van der Waals surface area contributed by atoms with E-state index in [2.05, 4.69) is 38.0 Å². The first-order valence-corrected chi connectivity index (χ1v) is 13.7. The van der Waals surface area contributed by atoms with Gasteiger partial charge in [0.1, 0.15) is 6.10 Å². The van der Waals surface area contributed by atoms with Crippen LogP contribution in [0.15, 0.2) is 30.3 Å². The monoisotopic (exact) mass is 496 g/mol. The Labute approximate surface area is 216 Å². The fourth-order valence-electron chi connectivity index (χ4n) is 3.40. The minimum Gasteiger partial charge on any atom is -0.446 e. The fraction of sp³-hybridized carbons (Fsp3) is 0.759. The van der Waals surface area contributed by atoms with E-state index < -0.39 is 0 Å². The summed E-state index contributed by atoms with van der Waals surface area (Å²) in [6, 6.07) is 10.1. The Morgan fingerprint density at radius 2 is 1.54 bits per heavy atom. The number of alkyl carbamates (subject to hydrolysis) is 1. The van der Waals surface area contributed by atoms with E-state index >= 15 is 0 Å². The zero-order valence-electron chi connectivity index (χ0n) is 23.7. The predicted molar refractivity (Wildman–Crippen MR) is 149 cm³/mol. The lowest BCUT2D eigenvalue weighted by molar-refractivity contribution is 0.0852. The molecule has 6 heteroatoms. The second kappa shape index (κ2) is 28.6. The minimum atomic E-state index is -0.241. The fourth-order valence-corrected chi connectivity index (χ4v) is 3.40. The molecule has 1 rings (SSSR count). The second-order valence-electron chi connectivity index (χ2n) is 8.84. The molecule has 0 aliphatic carbocycles. The first kappa shape index (κ1) is 35.5. The zero-order valence-corrected chi connectivity index (χ0v) is 23.7. The van der Waals surface area contributed by atoms with Crippen molar-refractivity contribution < 1.29 is 19.4 Å². The van der Waals surface area contributed by atoms with Gasteiger partial charge in [0.15, 0.2) is 0 Å². The molecule has 1 aromatic rings. The average molecular weight is 497 g/mol. The van der Waals surface area contributed by atoms with Crippen LogP contribution in [-0.2, 0) is 16.1 Å². The van der Waals surface area contributed by atoms with E-state index in [1.54, 1.807) is 14.0 Å². The van der Waals surface area contributed by atoms with Crippen molar-refractivity contribution in [1.82, 2.24) is 10.2 Å². The zero-order chi connectivity index (χ0) is 26.6. The molecule has 0 aromatic heterocycles. The number of hydrogen-bond acceptors (Lipinski definition) is 5. The van der Waals surface area contributed by atoms with Gasteiger partial charge in [-0.25, -0.2) is 4.79 Å². The Morgan fingerprint density at radius 3 is 2.11 bits per heavy atom. The molecule has 35 heavy (non-hydrogen) atoms. The summed E-state index contributed by atoms with van der Waals surface area (Å²) in [5.74, 6) is 0. The third-order valence-electron chi connectivity index (χ3n) is 5.30. The van der Waals surface area contributed by atoms with Crippen molar-refractivity contribution in [2.24, 2.45) is 0 Å². The highest BCUT2D eigenvalue weighted by atomic mass is 16.6. The van der Waals surface area contributed by atoms with Gasteiger partial charge < -0.3 is 24.8 Å². The molecular formula is C29H56N2O4. The molecule has 1 aromatic carbocycles. The molecule has 0 fully saturated rings. The normalized spacial score (nSPS) is 11.1. The number of aliphatic hydroxyl groups is 1. The van der Waals surface area contributed by atoms with Crippen LogP contribution in [-0.4, -0.2) is 62.6 Å². The Kier molecular flexibility index (Phi) is 29.0. The van der Waals surface area contributed by atoms with E-state index in [0.29, 0.717) is 13.2 Å². The highest BCUT2D eigenvalue weighted by Gasteiger charge is 2.13. The molecule has 6 nitrogen and oxygen atoms in total. The Hall–Kier alpha value is -1.63. The molecule has 1 amide bonds. The molecule has 0 saturated heterocycles. The number of carbonyl (C=O) groups is 1. The molecule has 0 bridgehead atoms. The van der Waals surface area contributed by atoms with Crippen molar-refractivity contribution in [3.63, 3.8) is 0 Å². The number of methoxy groups -OCH3 is 1. The third kappa shape index (κ3) is 26.8. The molecule has 0 radical (unpaired) electrons. The molecule has 2 N–H and O–H groups in total. The standard InChI is InChI=1S/C19H40N2O2.C8H10O.C2H6O/c1-5-8-10-11-14-18(13-7-3)23-19(22)20-15-12-17-21(4)16-9-6-2;1-9-7-8-5-3-2-4-6-8;1-2-3/h18H,5-17H2,1-4H3,(H,20,22);2-6H,7H2,1H3;3H,2H2,1H3. The van der Waals surface area contributed by atoms with Gasteiger partial charge in [0, 0.05) is 20.3 Å². The topological polar surface area (TPSA) is 71.0 Å². The molecule has 1 unspecified atom stereocenters. The van der Waals surface area contributed by atoms with Crippen LogP contribution < -0.4 is 5.32 Å². The van der Waals surface area contributed by atoms with Crippen LogP contribution in [0.1, 0.15) is 97.5 Å². The molecule has 1 atom stereocenters. The number of nitrogens with zero attached hydrogens (tertiary/aromatic N) is 1. The van der Waals surface area contributed by atoms with E-state index in [4.69, 9.17) is 14.6 Å². The highest BCUT2D eigenvalue weighted by Crippen LogP contribution is 2.13. The van der Waals surface area contributed by atoms with E-state index in [0.717, 1.165) is 45.2 Å². The van der Waals surface area contributed by atoms with Gasteiger partial charge in [0.05, 0.1) is 6.61 Å². The maximum absolute atomic E-state index is 11.9. The predicted octanol–water partition coefficient (Wildman–Crippen LogP) is 6.81. The van der Waals surface area contributed by atoms with Crippen LogP contribution in [0.5, 0.6) is 0 Å². The molecule has 0 aliphatic heterocycles. The third-order valence-corrected chi connectivity index (χ3v) is 5.30. The van der Waals surface area contributed by atoms with Gasteiger partial charge in [-0.3, -0.25) is 0 Å². The quantitative estimate of drug-likeness (QED) is 0.232. The number of ether oxygens (including phenoxy) is 2. The minimum absolute atomic E-state index is 0.0871. The maximum Gasteiger partial charge on any atom is 0.407 e. The summed E-state index contributed by atoms with van der Waals surface area (Å²) in [7, 11) is 3.84. The van der Waals surface area contributed by atoms with Gasteiger partial charge in [0.2, 0.25) is 0 Å². The lowest BCUT2D eigenvalue weighted by atomic mass is 10.1. The van der Waals surface area contributed by atoms with Crippen LogP contribution in [0.4, 0.5) is 4.79 Å². The number of aliphatic hydroxyl groups excluding tert-OH is 1. The van der Waals surface area contributed by atoms with Crippen LogP contribution in [0.25, 0.3) is 0 Å². The summed E-state index contributed by atoms with van der Waals surface area (Å²) < 4.78 is 10.5. The van der Waals surface area contributed by atoms with E-state index in [-0.39, 0.29) is 18.8 Å². The first-order chi connectivity index (χ1) is 17.0. The van der Waals surface area contributed by atoms with Crippen molar-refractivity contribution in [1.29, 1.82) is 0 Å². The van der Waals surface area contributed by atoms with Crippen molar-refractivity contribution in [2.75, 3.05) is 40.4 Å². The van der Waals surface area contributed by atoms with Crippen molar-refractivity contribution in [3.8, 4) is 0 Å². The number of carbonyl (C=O) groups excluding carboxylic acids is 1. The second-order valence-corrected chi connectivity index (χ2v) is 8.84. The van der Waals surface area contributed by atoms with Gasteiger partial charge in [0.25, 0.3) is 0 Å². The average Bonchev–Trinajstić information content (AvgIpc) is 2.85. The summed E-state index contributed by atoms with van der Waals surface area (Å²) in [6.45, 7) is 12.1. The van der Waals surface area contributed by atoms with Gasteiger partial charge in [-0.1, -0.05) is 83.2 Å². The van der Waals surface area contributed by atoms with Gasteiger partial charge in [-0.05, 0) is 64.7 Å². The summed E-state index contributed by atoms with van der Waals surface area (Å²) in [5, 5.41) is 10.5. The number of rotatable bonds is 17. The first-order valence-electron chi connectivity index (χ1n) is 13.7. The molecule has 0 heterocycles.